The lowest BCUT2D eigenvalue weighted by atomic mass is 10.2. The molecule has 0 unspecified atom stereocenters. The van der Waals surface area contributed by atoms with Crippen LogP contribution in [0.5, 0.6) is 5.75 Å². The molecule has 0 aliphatic heterocycles. The zero-order valence-electron chi connectivity index (χ0n) is 9.22. The van der Waals surface area contributed by atoms with Crippen LogP contribution in [0.1, 0.15) is 12.5 Å². The average molecular weight is 260 g/mol. The second-order valence-corrected chi connectivity index (χ2v) is 4.24. The molecule has 2 nitrogen and oxygen atoms in total. The van der Waals surface area contributed by atoms with E-state index < -0.39 is 0 Å². The zero-order chi connectivity index (χ0) is 12.0. The van der Waals surface area contributed by atoms with Crippen molar-refractivity contribution in [1.29, 1.82) is 0 Å². The van der Waals surface area contributed by atoms with Gasteiger partial charge in [-0.3, -0.25) is 0 Å². The number of rotatable bonds is 6. The molecule has 0 aliphatic rings. The molecule has 0 atom stereocenters. The standard InChI is InChI=1S/C12H15Cl2NO/c1-3-15-7-10-11(14)5-4-6-12(10)16-8-9(2)13/h4-6,15H,2-3,7-8H2,1H3. The van der Waals surface area contributed by atoms with Gasteiger partial charge in [-0.15, -0.1) is 0 Å². The fourth-order valence-electron chi connectivity index (χ4n) is 1.25. The first-order valence-electron chi connectivity index (χ1n) is 5.09. The number of hydrogen-bond acceptors (Lipinski definition) is 2. The summed E-state index contributed by atoms with van der Waals surface area (Å²) in [6, 6.07) is 5.57. The Morgan fingerprint density at radius 1 is 1.50 bits per heavy atom. The van der Waals surface area contributed by atoms with E-state index in [1.54, 1.807) is 0 Å². The van der Waals surface area contributed by atoms with Gasteiger partial charge in [-0.1, -0.05) is 42.8 Å². The summed E-state index contributed by atoms with van der Waals surface area (Å²) in [5.74, 6) is 0.746. The first-order valence-corrected chi connectivity index (χ1v) is 5.85. The number of ether oxygens (including phenoxy) is 1. The van der Waals surface area contributed by atoms with Crippen LogP contribution >= 0.6 is 23.2 Å². The molecule has 1 aromatic rings. The van der Waals surface area contributed by atoms with Crippen LogP contribution in [0.25, 0.3) is 0 Å². The maximum atomic E-state index is 6.11. The topological polar surface area (TPSA) is 21.3 Å². The third-order valence-corrected chi connectivity index (χ3v) is 2.48. The zero-order valence-corrected chi connectivity index (χ0v) is 10.7. The van der Waals surface area contributed by atoms with Gasteiger partial charge >= 0.3 is 0 Å². The minimum atomic E-state index is 0.293. The van der Waals surface area contributed by atoms with Crippen LogP contribution in [0.3, 0.4) is 0 Å². The molecule has 1 aromatic carbocycles. The predicted octanol–water partition coefficient (Wildman–Crippen LogP) is 3.58. The highest BCUT2D eigenvalue weighted by atomic mass is 35.5. The lowest BCUT2D eigenvalue weighted by Crippen LogP contribution is -2.13. The molecule has 1 N–H and O–H groups in total. The Labute approximate surface area is 106 Å². The van der Waals surface area contributed by atoms with Crippen molar-refractivity contribution in [2.75, 3.05) is 13.2 Å². The van der Waals surface area contributed by atoms with E-state index in [-0.39, 0.29) is 0 Å². The highest BCUT2D eigenvalue weighted by Gasteiger charge is 2.07. The summed E-state index contributed by atoms with van der Waals surface area (Å²) >= 11 is 11.8. The number of nitrogens with one attached hydrogen (secondary N) is 1. The normalized spacial score (nSPS) is 10.2. The van der Waals surface area contributed by atoms with Gasteiger partial charge in [0.1, 0.15) is 12.4 Å². The van der Waals surface area contributed by atoms with Gasteiger partial charge in [-0.05, 0) is 18.7 Å². The predicted molar refractivity (Wildman–Crippen MR) is 69.3 cm³/mol. The molecule has 4 heteroatoms. The molecule has 0 saturated carbocycles. The van der Waals surface area contributed by atoms with Crippen molar-refractivity contribution < 1.29 is 4.74 Å². The van der Waals surface area contributed by atoms with E-state index >= 15 is 0 Å². The van der Waals surface area contributed by atoms with Crippen LogP contribution in [0, 0.1) is 0 Å². The summed E-state index contributed by atoms with van der Waals surface area (Å²) in [6.45, 7) is 7.47. The van der Waals surface area contributed by atoms with E-state index in [1.165, 1.54) is 0 Å². The van der Waals surface area contributed by atoms with Crippen molar-refractivity contribution in [2.24, 2.45) is 0 Å². The van der Waals surface area contributed by atoms with Gasteiger partial charge in [0.05, 0.1) is 0 Å². The fraction of sp³-hybridized carbons (Fsp3) is 0.333. The van der Waals surface area contributed by atoms with Crippen LogP contribution in [-0.4, -0.2) is 13.2 Å². The molecule has 0 heterocycles. The summed E-state index contributed by atoms with van der Waals surface area (Å²) < 4.78 is 5.52. The minimum absolute atomic E-state index is 0.293. The molecule has 0 fully saturated rings. The largest absolute Gasteiger partial charge is 0.488 e. The van der Waals surface area contributed by atoms with E-state index in [0.717, 1.165) is 17.9 Å². The fourth-order valence-corrected chi connectivity index (χ4v) is 1.54. The van der Waals surface area contributed by atoms with Crippen LogP contribution in [-0.2, 0) is 6.54 Å². The third kappa shape index (κ3) is 4.05. The van der Waals surface area contributed by atoms with Crippen molar-refractivity contribution in [3.63, 3.8) is 0 Å². The number of halogens is 2. The molecule has 0 aromatic heterocycles. The van der Waals surface area contributed by atoms with Crippen molar-refractivity contribution in [3.8, 4) is 5.75 Å². The summed E-state index contributed by atoms with van der Waals surface area (Å²) in [5.41, 5.74) is 0.948. The molecule has 0 amide bonds. The Kier molecular flexibility index (Phi) is 5.67. The number of benzene rings is 1. The first-order chi connectivity index (χ1) is 7.65. The average Bonchev–Trinajstić information content (AvgIpc) is 2.25. The van der Waals surface area contributed by atoms with E-state index in [0.29, 0.717) is 23.2 Å². The van der Waals surface area contributed by atoms with Gasteiger partial charge in [0.25, 0.3) is 0 Å². The third-order valence-electron chi connectivity index (χ3n) is 2.01. The van der Waals surface area contributed by atoms with Gasteiger partial charge in [0.2, 0.25) is 0 Å². The summed E-state index contributed by atoms with van der Waals surface area (Å²) in [6.07, 6.45) is 0. The van der Waals surface area contributed by atoms with E-state index in [2.05, 4.69) is 11.9 Å². The van der Waals surface area contributed by atoms with Gasteiger partial charge in [-0.2, -0.15) is 0 Å². The molecule has 88 valence electrons. The quantitative estimate of drug-likeness (QED) is 0.844. The first kappa shape index (κ1) is 13.4. The molecule has 0 spiro atoms. The maximum Gasteiger partial charge on any atom is 0.125 e. The Bertz CT molecular complexity index is 366. The second kappa shape index (κ2) is 6.79. The van der Waals surface area contributed by atoms with Crippen molar-refractivity contribution in [2.45, 2.75) is 13.5 Å². The van der Waals surface area contributed by atoms with Crippen LogP contribution < -0.4 is 10.1 Å². The van der Waals surface area contributed by atoms with Gasteiger partial charge in [-0.25, -0.2) is 0 Å². The van der Waals surface area contributed by atoms with Crippen molar-refractivity contribution in [3.05, 3.63) is 40.4 Å². The Morgan fingerprint density at radius 3 is 2.88 bits per heavy atom. The Balaban J connectivity index is 2.80. The SMILES string of the molecule is C=C(Cl)COc1cccc(Cl)c1CNCC. The second-order valence-electron chi connectivity index (χ2n) is 3.30. The Morgan fingerprint density at radius 2 is 2.25 bits per heavy atom. The van der Waals surface area contributed by atoms with Crippen molar-refractivity contribution >= 4 is 23.2 Å². The highest BCUT2D eigenvalue weighted by molar-refractivity contribution is 6.31. The van der Waals surface area contributed by atoms with Gasteiger partial charge in [0, 0.05) is 22.2 Å². The lowest BCUT2D eigenvalue weighted by molar-refractivity contribution is 0.354. The summed E-state index contributed by atoms with van der Waals surface area (Å²) in [4.78, 5) is 0. The molecule has 16 heavy (non-hydrogen) atoms. The van der Waals surface area contributed by atoms with Gasteiger partial charge in [0.15, 0.2) is 0 Å². The van der Waals surface area contributed by atoms with Crippen molar-refractivity contribution in [1.82, 2.24) is 5.32 Å². The molecule has 0 saturated heterocycles. The number of hydrogen-bond donors (Lipinski definition) is 1. The molecular formula is C12H15Cl2NO. The smallest absolute Gasteiger partial charge is 0.125 e. The summed E-state index contributed by atoms with van der Waals surface area (Å²) in [7, 11) is 0. The van der Waals surface area contributed by atoms with Crippen LogP contribution in [0.2, 0.25) is 5.02 Å². The van der Waals surface area contributed by atoms with Crippen LogP contribution in [0.4, 0.5) is 0 Å². The molecular weight excluding hydrogens is 245 g/mol. The maximum absolute atomic E-state index is 6.11. The summed E-state index contributed by atoms with van der Waals surface area (Å²) in [5, 5.41) is 4.37. The monoisotopic (exact) mass is 259 g/mol. The lowest BCUT2D eigenvalue weighted by Gasteiger charge is -2.12. The minimum Gasteiger partial charge on any atom is -0.488 e. The molecule has 0 aliphatic carbocycles. The Hall–Kier alpha value is -0.700. The van der Waals surface area contributed by atoms with Crippen LogP contribution in [0.15, 0.2) is 29.8 Å². The molecule has 0 radical (unpaired) electrons. The van der Waals surface area contributed by atoms with E-state index in [9.17, 15) is 0 Å². The van der Waals surface area contributed by atoms with E-state index in [4.69, 9.17) is 27.9 Å². The molecule has 0 bridgehead atoms. The van der Waals surface area contributed by atoms with E-state index in [1.807, 2.05) is 25.1 Å². The molecule has 1 rings (SSSR count). The van der Waals surface area contributed by atoms with Gasteiger partial charge < -0.3 is 10.1 Å². The highest BCUT2D eigenvalue weighted by Crippen LogP contribution is 2.26.